The zero-order valence-corrected chi connectivity index (χ0v) is 20.0. The van der Waals surface area contributed by atoms with Gasteiger partial charge in [0.15, 0.2) is 0 Å². The number of nitrogens with one attached hydrogen (secondary N) is 1. The third-order valence-electron chi connectivity index (χ3n) is 8.25. The molecule has 2 aliphatic heterocycles. The van der Waals surface area contributed by atoms with Crippen molar-refractivity contribution < 1.29 is 14.4 Å². The number of piperazine rings is 1. The predicted molar refractivity (Wildman–Crippen MR) is 132 cm³/mol. The molecule has 1 aromatic carbocycles. The van der Waals surface area contributed by atoms with Crippen LogP contribution in [0.4, 0.5) is 11.5 Å². The number of hydrogen-bond donors (Lipinski definition) is 1. The number of carbonyl (C=O) groups excluding carboxylic acids is 3. The van der Waals surface area contributed by atoms with Gasteiger partial charge < -0.3 is 15.1 Å². The van der Waals surface area contributed by atoms with Crippen molar-refractivity contribution in [1.29, 1.82) is 5.26 Å². The largest absolute Gasteiger partial charge is 0.352 e. The first-order valence-electron chi connectivity index (χ1n) is 13.0. The monoisotopic (exact) mass is 481 g/mol. The van der Waals surface area contributed by atoms with Crippen LogP contribution in [0.15, 0.2) is 24.3 Å². The number of fused-ring (bicyclic) bond motifs is 1. The van der Waals surface area contributed by atoms with E-state index in [4.69, 9.17) is 4.98 Å². The highest BCUT2D eigenvalue weighted by Gasteiger charge is 2.45. The van der Waals surface area contributed by atoms with Gasteiger partial charge in [0.2, 0.25) is 5.91 Å². The number of ketones is 1. The minimum atomic E-state index is -0.625. The molecule has 3 aliphatic carbocycles. The average molecular weight is 482 g/mol. The van der Waals surface area contributed by atoms with E-state index in [0.29, 0.717) is 60.0 Å². The number of anilines is 2. The summed E-state index contributed by atoms with van der Waals surface area (Å²) in [5.74, 6) is 0.896. The second-order valence-electron chi connectivity index (χ2n) is 10.8. The minimum Gasteiger partial charge on any atom is -0.352 e. The number of carbonyl (C=O) groups is 3. The molecule has 5 aliphatic rings. The Bertz CT molecular complexity index is 1370. The molecule has 3 saturated carbocycles. The molecule has 8 nitrogen and oxygen atoms in total. The van der Waals surface area contributed by atoms with Gasteiger partial charge in [-0.3, -0.25) is 14.4 Å². The maximum atomic E-state index is 12.9. The molecule has 1 aromatic heterocycles. The first-order valence-corrected chi connectivity index (χ1v) is 13.0. The van der Waals surface area contributed by atoms with Crippen LogP contribution in [0, 0.1) is 23.2 Å². The van der Waals surface area contributed by atoms with Crippen LogP contribution in [0.1, 0.15) is 66.1 Å². The summed E-state index contributed by atoms with van der Waals surface area (Å²) in [6.07, 6.45) is 6.39. The SMILES string of the molecule is N#Cc1cc(-c2cccc3c2NC(=O)C3=O)c(C2CC2)nc1N1CCN(C(=O)C2CC2)[C@H](C2CC2)C1. The van der Waals surface area contributed by atoms with E-state index < -0.39 is 11.7 Å². The van der Waals surface area contributed by atoms with Gasteiger partial charge in [-0.15, -0.1) is 0 Å². The molecule has 4 fully saturated rings. The Kier molecular flexibility index (Phi) is 4.72. The summed E-state index contributed by atoms with van der Waals surface area (Å²) in [6.45, 7) is 2.04. The maximum absolute atomic E-state index is 12.9. The van der Waals surface area contributed by atoms with Crippen molar-refractivity contribution in [1.82, 2.24) is 9.88 Å². The van der Waals surface area contributed by atoms with Crippen molar-refractivity contribution in [2.45, 2.75) is 50.5 Å². The van der Waals surface area contributed by atoms with Gasteiger partial charge in [0.05, 0.1) is 28.6 Å². The fourth-order valence-corrected chi connectivity index (χ4v) is 5.84. The van der Waals surface area contributed by atoms with E-state index in [1.54, 1.807) is 12.1 Å². The summed E-state index contributed by atoms with van der Waals surface area (Å²) < 4.78 is 0. The smallest absolute Gasteiger partial charge is 0.296 e. The number of Topliss-reactive ketones (excluding diaryl/α,β-unsaturated/α-hetero) is 1. The number of amides is 2. The molecule has 0 spiro atoms. The number of nitrogens with zero attached hydrogens (tertiary/aromatic N) is 4. The zero-order chi connectivity index (χ0) is 24.6. The number of benzene rings is 1. The van der Waals surface area contributed by atoms with Crippen LogP contribution in [0.5, 0.6) is 0 Å². The molecule has 2 amide bonds. The Morgan fingerprint density at radius 1 is 1.03 bits per heavy atom. The van der Waals surface area contributed by atoms with Crippen LogP contribution >= 0.6 is 0 Å². The van der Waals surface area contributed by atoms with Crippen LogP contribution < -0.4 is 10.2 Å². The van der Waals surface area contributed by atoms with Crippen molar-refractivity contribution in [2.24, 2.45) is 11.8 Å². The number of aromatic nitrogens is 1. The van der Waals surface area contributed by atoms with E-state index in [9.17, 15) is 19.6 Å². The molecule has 1 atom stereocenters. The Labute approximate surface area is 209 Å². The van der Waals surface area contributed by atoms with E-state index in [1.807, 2.05) is 12.1 Å². The van der Waals surface area contributed by atoms with Crippen molar-refractivity contribution in [3.05, 3.63) is 41.1 Å². The lowest BCUT2D eigenvalue weighted by molar-refractivity contribution is -0.135. The normalized spacial score (nSPS) is 23.4. The average Bonchev–Trinajstić information content (AvgIpc) is 3.77. The van der Waals surface area contributed by atoms with Gasteiger partial charge >= 0.3 is 0 Å². The summed E-state index contributed by atoms with van der Waals surface area (Å²) in [4.78, 5) is 46.7. The lowest BCUT2D eigenvalue weighted by Gasteiger charge is -2.43. The van der Waals surface area contributed by atoms with E-state index in [0.717, 1.165) is 55.3 Å². The molecule has 1 saturated heterocycles. The molecule has 0 bridgehead atoms. The Morgan fingerprint density at radius 3 is 2.50 bits per heavy atom. The summed E-state index contributed by atoms with van der Waals surface area (Å²) in [5.41, 5.74) is 3.83. The van der Waals surface area contributed by atoms with Crippen LogP contribution in [0.3, 0.4) is 0 Å². The van der Waals surface area contributed by atoms with Gasteiger partial charge in [-0.1, -0.05) is 12.1 Å². The standard InChI is InChI=1S/C28H27N5O3/c29-13-18-12-21(19-2-1-3-20-24(19)31-27(35)25(20)34)23(16-6-7-16)30-26(18)32-10-11-33(28(36)17-8-9-17)22(14-32)15-4-5-15/h1-3,12,15-17,22H,4-11,14H2,(H,31,34,35)/t22-/m0/s1. The minimum absolute atomic E-state index is 0.183. The van der Waals surface area contributed by atoms with Crippen LogP contribution in [-0.2, 0) is 9.59 Å². The molecule has 2 aromatic rings. The van der Waals surface area contributed by atoms with Gasteiger partial charge in [0, 0.05) is 42.6 Å². The van der Waals surface area contributed by atoms with Crippen LogP contribution in [0.25, 0.3) is 11.1 Å². The fraction of sp³-hybridized carbons (Fsp3) is 0.464. The van der Waals surface area contributed by atoms with Gasteiger partial charge in [-0.25, -0.2) is 4.98 Å². The third-order valence-corrected chi connectivity index (χ3v) is 8.25. The summed E-state index contributed by atoms with van der Waals surface area (Å²) in [6, 6.07) is 9.74. The molecule has 182 valence electrons. The fourth-order valence-electron chi connectivity index (χ4n) is 5.84. The number of para-hydroxylation sites is 1. The Morgan fingerprint density at radius 2 is 1.81 bits per heavy atom. The van der Waals surface area contributed by atoms with E-state index in [-0.39, 0.29) is 12.0 Å². The van der Waals surface area contributed by atoms with Gasteiger partial charge in [-0.05, 0) is 56.6 Å². The van der Waals surface area contributed by atoms with Crippen molar-refractivity contribution in [3.63, 3.8) is 0 Å². The summed E-state index contributed by atoms with van der Waals surface area (Å²) >= 11 is 0. The van der Waals surface area contributed by atoms with Gasteiger partial charge in [0.25, 0.3) is 11.7 Å². The molecular weight excluding hydrogens is 454 g/mol. The third kappa shape index (κ3) is 3.48. The van der Waals surface area contributed by atoms with Crippen molar-refractivity contribution >= 4 is 29.1 Å². The number of hydrogen-bond acceptors (Lipinski definition) is 6. The quantitative estimate of drug-likeness (QED) is 0.656. The molecule has 0 unspecified atom stereocenters. The number of rotatable bonds is 5. The maximum Gasteiger partial charge on any atom is 0.296 e. The second-order valence-corrected chi connectivity index (χ2v) is 10.8. The molecule has 36 heavy (non-hydrogen) atoms. The van der Waals surface area contributed by atoms with Crippen molar-refractivity contribution in [3.8, 4) is 17.2 Å². The number of nitriles is 1. The highest BCUT2D eigenvalue weighted by Crippen LogP contribution is 2.48. The van der Waals surface area contributed by atoms with E-state index >= 15 is 0 Å². The molecule has 3 heterocycles. The van der Waals surface area contributed by atoms with Crippen molar-refractivity contribution in [2.75, 3.05) is 29.9 Å². The molecule has 8 heteroatoms. The second kappa shape index (κ2) is 7.89. The lowest BCUT2D eigenvalue weighted by Crippen LogP contribution is -2.57. The summed E-state index contributed by atoms with van der Waals surface area (Å²) in [7, 11) is 0. The van der Waals surface area contributed by atoms with Gasteiger partial charge in [0.1, 0.15) is 11.9 Å². The number of pyridine rings is 1. The highest BCUT2D eigenvalue weighted by molar-refractivity contribution is 6.52. The Balaban J connectivity index is 1.27. The summed E-state index contributed by atoms with van der Waals surface area (Å²) in [5, 5.41) is 12.9. The first kappa shape index (κ1) is 21.5. The first-order chi connectivity index (χ1) is 17.5. The van der Waals surface area contributed by atoms with E-state index in [2.05, 4.69) is 21.2 Å². The molecule has 0 radical (unpaired) electrons. The highest BCUT2D eigenvalue weighted by atomic mass is 16.2. The van der Waals surface area contributed by atoms with E-state index in [1.165, 1.54) is 0 Å². The Hall–Kier alpha value is -3.73. The van der Waals surface area contributed by atoms with Gasteiger partial charge in [-0.2, -0.15) is 5.26 Å². The molecule has 7 rings (SSSR count). The topological polar surface area (TPSA) is 106 Å². The molecule has 1 N–H and O–H groups in total. The molecular formula is C28H27N5O3. The predicted octanol–water partition coefficient (Wildman–Crippen LogP) is 3.47. The lowest BCUT2D eigenvalue weighted by atomic mass is 9.95. The zero-order valence-electron chi connectivity index (χ0n) is 20.0. The van der Waals surface area contributed by atoms with Crippen LogP contribution in [0.2, 0.25) is 0 Å². The van der Waals surface area contributed by atoms with Crippen LogP contribution in [-0.4, -0.2) is 53.2 Å².